The molecule has 1 aliphatic heterocycles. The first-order chi connectivity index (χ1) is 6.02. The van der Waals surface area contributed by atoms with Gasteiger partial charge in [-0.1, -0.05) is 0 Å². The standard InChI is InChI=1S/C7H16BBrN4/c1-13(11)5-2-6(9)12-3-4(8)7(5)10/h4-5,7H,2-3,8,10-11H2,1H3. The minimum Gasteiger partial charge on any atom is -0.327 e. The van der Waals surface area contributed by atoms with E-state index >= 15 is 0 Å². The summed E-state index contributed by atoms with van der Waals surface area (Å²) >= 11 is 3.41. The van der Waals surface area contributed by atoms with E-state index < -0.39 is 0 Å². The number of likely N-dealkylation sites (N-methyl/N-ethyl adjacent to an activating group) is 1. The van der Waals surface area contributed by atoms with E-state index in [2.05, 4.69) is 28.8 Å². The Kier molecular flexibility index (Phi) is 3.91. The van der Waals surface area contributed by atoms with Crippen LogP contribution < -0.4 is 11.6 Å². The van der Waals surface area contributed by atoms with Crippen molar-refractivity contribution in [3.63, 3.8) is 0 Å². The van der Waals surface area contributed by atoms with Crippen LogP contribution in [0.25, 0.3) is 0 Å². The average Bonchev–Trinajstić information content (AvgIpc) is 2.18. The molecule has 74 valence electrons. The molecule has 0 aliphatic carbocycles. The lowest BCUT2D eigenvalue weighted by atomic mass is 9.78. The Morgan fingerprint density at radius 2 is 2.31 bits per heavy atom. The van der Waals surface area contributed by atoms with Crippen LogP contribution in [-0.4, -0.2) is 43.2 Å². The normalized spacial score (nSPS) is 35.8. The van der Waals surface area contributed by atoms with Gasteiger partial charge in [0.1, 0.15) is 7.85 Å². The molecule has 1 rings (SSSR count). The molecular formula is C7H16BBrN4. The highest BCUT2D eigenvalue weighted by Gasteiger charge is 2.28. The Morgan fingerprint density at radius 3 is 2.85 bits per heavy atom. The van der Waals surface area contributed by atoms with E-state index in [0.29, 0.717) is 5.82 Å². The first-order valence-corrected chi connectivity index (χ1v) is 5.23. The van der Waals surface area contributed by atoms with Crippen molar-refractivity contribution in [3.8, 4) is 0 Å². The molecule has 3 unspecified atom stereocenters. The maximum Gasteiger partial charge on any atom is 0.109 e. The molecule has 0 amide bonds. The summed E-state index contributed by atoms with van der Waals surface area (Å²) < 4.78 is 0.967. The van der Waals surface area contributed by atoms with Gasteiger partial charge in [0.05, 0.1) is 4.62 Å². The van der Waals surface area contributed by atoms with Crippen LogP contribution in [0.5, 0.6) is 0 Å². The molecule has 0 aromatic heterocycles. The van der Waals surface area contributed by atoms with Gasteiger partial charge in [0.2, 0.25) is 0 Å². The molecular weight excluding hydrogens is 231 g/mol. The van der Waals surface area contributed by atoms with Crippen molar-refractivity contribution in [1.82, 2.24) is 5.01 Å². The van der Waals surface area contributed by atoms with E-state index in [0.717, 1.165) is 17.6 Å². The SMILES string of the molecule is BC1CN=C(Br)CC(N(C)N)C1N. The Hall–Kier alpha value is 0.0949. The number of nitrogens with zero attached hydrogens (tertiary/aromatic N) is 2. The van der Waals surface area contributed by atoms with Gasteiger partial charge in [-0.25, -0.2) is 5.01 Å². The third kappa shape index (κ3) is 2.77. The smallest absolute Gasteiger partial charge is 0.109 e. The van der Waals surface area contributed by atoms with Gasteiger partial charge < -0.3 is 5.73 Å². The van der Waals surface area contributed by atoms with E-state index in [-0.39, 0.29) is 12.1 Å². The Labute approximate surface area is 88.2 Å². The zero-order chi connectivity index (χ0) is 10.0. The van der Waals surface area contributed by atoms with Crippen LogP contribution in [0.2, 0.25) is 5.82 Å². The summed E-state index contributed by atoms with van der Waals surface area (Å²) in [5.41, 5.74) is 6.07. The van der Waals surface area contributed by atoms with Crippen molar-refractivity contribution in [2.24, 2.45) is 16.6 Å². The number of hydrogen-bond donors (Lipinski definition) is 2. The second-order valence-corrected chi connectivity index (χ2v) is 4.62. The van der Waals surface area contributed by atoms with Crippen molar-refractivity contribution in [3.05, 3.63) is 0 Å². The molecule has 4 N–H and O–H groups in total. The van der Waals surface area contributed by atoms with Gasteiger partial charge in [-0.15, -0.1) is 0 Å². The van der Waals surface area contributed by atoms with Gasteiger partial charge in [-0.3, -0.25) is 10.8 Å². The fourth-order valence-electron chi connectivity index (χ4n) is 1.53. The fourth-order valence-corrected chi connectivity index (χ4v) is 2.01. The summed E-state index contributed by atoms with van der Waals surface area (Å²) in [5.74, 6) is 6.11. The second-order valence-electron chi connectivity index (χ2n) is 3.71. The van der Waals surface area contributed by atoms with E-state index in [9.17, 15) is 0 Å². The molecule has 0 radical (unpaired) electrons. The Balaban J connectivity index is 2.75. The summed E-state index contributed by atoms with van der Waals surface area (Å²) in [4.78, 5) is 4.36. The molecule has 3 atom stereocenters. The molecule has 0 aromatic carbocycles. The number of aliphatic imine (C=N–C) groups is 1. The van der Waals surface area contributed by atoms with Gasteiger partial charge in [0, 0.05) is 32.1 Å². The first kappa shape index (κ1) is 11.2. The first-order valence-electron chi connectivity index (χ1n) is 4.44. The fraction of sp³-hybridized carbons (Fsp3) is 0.857. The molecule has 4 nitrogen and oxygen atoms in total. The molecule has 0 saturated carbocycles. The Bertz CT molecular complexity index is 209. The highest BCUT2D eigenvalue weighted by Crippen LogP contribution is 2.20. The number of nitrogens with two attached hydrogens (primary N) is 2. The van der Waals surface area contributed by atoms with E-state index in [1.54, 1.807) is 5.01 Å². The molecule has 6 heteroatoms. The van der Waals surface area contributed by atoms with Crippen LogP contribution in [0.15, 0.2) is 4.99 Å². The van der Waals surface area contributed by atoms with Gasteiger partial charge in [0.25, 0.3) is 0 Å². The van der Waals surface area contributed by atoms with Crippen LogP contribution in [0, 0.1) is 0 Å². The minimum absolute atomic E-state index is 0.0915. The molecule has 1 aliphatic rings. The zero-order valence-corrected chi connectivity index (χ0v) is 9.66. The molecule has 0 spiro atoms. The highest BCUT2D eigenvalue weighted by molar-refractivity contribution is 9.18. The quantitative estimate of drug-likeness (QED) is 0.358. The predicted molar refractivity (Wildman–Crippen MR) is 61.9 cm³/mol. The molecule has 13 heavy (non-hydrogen) atoms. The third-order valence-corrected chi connectivity index (χ3v) is 3.13. The van der Waals surface area contributed by atoms with Crippen LogP contribution in [0.3, 0.4) is 0 Å². The highest BCUT2D eigenvalue weighted by atomic mass is 79.9. The average molecular weight is 247 g/mol. The van der Waals surface area contributed by atoms with Crippen LogP contribution in [-0.2, 0) is 0 Å². The summed E-state index contributed by atoms with van der Waals surface area (Å²) in [6.07, 6.45) is 0.804. The third-order valence-electron chi connectivity index (χ3n) is 2.55. The largest absolute Gasteiger partial charge is 0.327 e. The summed E-state index contributed by atoms with van der Waals surface area (Å²) in [6.45, 7) is 0.784. The lowest BCUT2D eigenvalue weighted by molar-refractivity contribution is 0.220. The molecule has 1 heterocycles. The van der Waals surface area contributed by atoms with E-state index in [1.807, 2.05) is 7.05 Å². The van der Waals surface area contributed by atoms with Crippen molar-refractivity contribution in [2.45, 2.75) is 24.3 Å². The summed E-state index contributed by atoms with van der Waals surface area (Å²) in [7, 11) is 3.96. The summed E-state index contributed by atoms with van der Waals surface area (Å²) in [6, 6.07) is 0.268. The van der Waals surface area contributed by atoms with Gasteiger partial charge in [0.15, 0.2) is 0 Å². The van der Waals surface area contributed by atoms with Crippen LogP contribution in [0.4, 0.5) is 0 Å². The minimum atomic E-state index is 0.0915. The second kappa shape index (κ2) is 4.55. The van der Waals surface area contributed by atoms with Gasteiger partial charge in [-0.05, 0) is 21.7 Å². The molecule has 0 bridgehead atoms. The van der Waals surface area contributed by atoms with Crippen LogP contribution >= 0.6 is 15.9 Å². The number of hydrazine groups is 1. The van der Waals surface area contributed by atoms with Gasteiger partial charge in [-0.2, -0.15) is 0 Å². The number of halogens is 1. The van der Waals surface area contributed by atoms with E-state index in [4.69, 9.17) is 11.6 Å². The topological polar surface area (TPSA) is 67.6 Å². The maximum atomic E-state index is 6.07. The number of rotatable bonds is 1. The zero-order valence-electron chi connectivity index (χ0n) is 8.07. The van der Waals surface area contributed by atoms with Crippen molar-refractivity contribution in [1.29, 1.82) is 0 Å². The van der Waals surface area contributed by atoms with Gasteiger partial charge >= 0.3 is 0 Å². The predicted octanol–water partition coefficient (Wildman–Crippen LogP) is -0.893. The lowest BCUT2D eigenvalue weighted by Gasteiger charge is -2.30. The van der Waals surface area contributed by atoms with Crippen molar-refractivity contribution < 1.29 is 0 Å². The Morgan fingerprint density at radius 1 is 1.69 bits per heavy atom. The summed E-state index contributed by atoms with van der Waals surface area (Å²) in [5, 5.41) is 1.68. The maximum absolute atomic E-state index is 6.07. The van der Waals surface area contributed by atoms with E-state index in [1.165, 1.54) is 0 Å². The molecule has 0 saturated heterocycles. The lowest BCUT2D eigenvalue weighted by Crippen LogP contribution is -2.51. The molecule has 0 fully saturated rings. The van der Waals surface area contributed by atoms with Crippen LogP contribution in [0.1, 0.15) is 6.42 Å². The van der Waals surface area contributed by atoms with Crippen molar-refractivity contribution in [2.75, 3.05) is 13.6 Å². The monoisotopic (exact) mass is 246 g/mol. The number of hydrogen-bond acceptors (Lipinski definition) is 4. The molecule has 0 aromatic rings. The van der Waals surface area contributed by atoms with Crippen molar-refractivity contribution >= 4 is 28.4 Å².